The van der Waals surface area contributed by atoms with Crippen LogP contribution >= 0.6 is 0 Å². The van der Waals surface area contributed by atoms with Crippen molar-refractivity contribution in [1.82, 2.24) is 15.0 Å². The van der Waals surface area contributed by atoms with Crippen molar-refractivity contribution in [3.63, 3.8) is 0 Å². The maximum absolute atomic E-state index is 11.2. The van der Waals surface area contributed by atoms with Gasteiger partial charge in [0.1, 0.15) is 22.8 Å². The van der Waals surface area contributed by atoms with Crippen LogP contribution in [0.1, 0.15) is 142 Å². The predicted octanol–water partition coefficient (Wildman–Crippen LogP) is 13.5. The van der Waals surface area contributed by atoms with Crippen molar-refractivity contribution in [2.75, 3.05) is 13.2 Å². The average Bonchev–Trinajstić information content (AvgIpc) is 3.17. The third-order valence-electron chi connectivity index (χ3n) is 10.4. The van der Waals surface area contributed by atoms with Crippen LogP contribution in [0.5, 0.6) is 23.3 Å². The molecule has 4 aromatic carbocycles. The monoisotopic (exact) mass is 733 g/mol. The minimum absolute atomic E-state index is 0.125. The van der Waals surface area contributed by atoms with Gasteiger partial charge in [0, 0.05) is 17.7 Å². The molecule has 1 aromatic heterocycles. The van der Waals surface area contributed by atoms with Gasteiger partial charge in [-0.2, -0.15) is 9.97 Å². The molecule has 7 nitrogen and oxygen atoms in total. The van der Waals surface area contributed by atoms with Gasteiger partial charge in [0.15, 0.2) is 11.6 Å². The van der Waals surface area contributed by atoms with Crippen LogP contribution in [0, 0.1) is 0 Å². The van der Waals surface area contributed by atoms with Gasteiger partial charge >= 0.3 is 6.01 Å². The molecule has 0 aliphatic rings. The first-order valence-corrected chi connectivity index (χ1v) is 21.1. The molecule has 54 heavy (non-hydrogen) atoms. The molecule has 0 radical (unpaired) electrons. The highest BCUT2D eigenvalue weighted by atomic mass is 16.5. The molecule has 7 heteroatoms. The van der Waals surface area contributed by atoms with Gasteiger partial charge in [-0.3, -0.25) is 0 Å². The number of hydrogen-bond donors (Lipinski definition) is 2. The number of aromatic nitrogens is 3. The van der Waals surface area contributed by atoms with E-state index in [-0.39, 0.29) is 28.9 Å². The average molecular weight is 734 g/mol. The lowest BCUT2D eigenvalue weighted by Crippen LogP contribution is -2.05. The summed E-state index contributed by atoms with van der Waals surface area (Å²) in [6, 6.07) is 22.0. The lowest BCUT2D eigenvalue weighted by molar-refractivity contribution is 0.281. The second-order valence-corrected chi connectivity index (χ2v) is 14.9. The zero-order valence-electron chi connectivity index (χ0n) is 33.0. The Morgan fingerprint density at radius 2 is 0.907 bits per heavy atom. The van der Waals surface area contributed by atoms with Crippen LogP contribution in [0.25, 0.3) is 44.3 Å². The summed E-state index contributed by atoms with van der Waals surface area (Å²) >= 11 is 0. The molecule has 0 spiro atoms. The molecule has 2 N–H and O–H groups in total. The fourth-order valence-corrected chi connectivity index (χ4v) is 7.17. The van der Waals surface area contributed by atoms with Crippen LogP contribution in [0.4, 0.5) is 0 Å². The SMILES string of the molecule is CCCCCCCCCCCCOc1cc(O)c(-c2nc(OCCCCCCCCCCCC)nc(-c3ccc4cc5ccccc5cc4c3)n2)c(O)c1. The number of phenolic OH excluding ortho intramolecular Hbond substituents is 2. The number of nitrogens with zero attached hydrogens (tertiary/aromatic N) is 3. The van der Waals surface area contributed by atoms with E-state index in [1.54, 1.807) is 0 Å². The normalized spacial score (nSPS) is 11.4. The fourth-order valence-electron chi connectivity index (χ4n) is 7.17. The summed E-state index contributed by atoms with van der Waals surface area (Å²) in [7, 11) is 0. The molecule has 0 aliphatic carbocycles. The number of fused-ring (bicyclic) bond motifs is 2. The minimum Gasteiger partial charge on any atom is -0.507 e. The Morgan fingerprint density at radius 3 is 1.46 bits per heavy atom. The first-order chi connectivity index (χ1) is 26.6. The molecular formula is C47H63N3O4. The zero-order valence-corrected chi connectivity index (χ0v) is 33.0. The van der Waals surface area contributed by atoms with Crippen molar-refractivity contribution in [2.45, 2.75) is 142 Å². The zero-order chi connectivity index (χ0) is 37.8. The van der Waals surface area contributed by atoms with E-state index in [0.717, 1.165) is 47.4 Å². The maximum Gasteiger partial charge on any atom is 0.320 e. The standard InChI is InChI=1S/C47H63N3O4/c1-3-5-7-9-11-13-15-17-19-23-29-53-41-34-42(51)44(43(52)35-41)46-48-45(39-28-27-38-31-36-25-21-22-26-37(36)32-40(38)33-39)49-47(50-46)54-30-24-20-18-16-14-12-10-8-6-4-2/h21-22,25-28,31-35,51-52H,3-20,23-24,29-30H2,1-2H3. The van der Waals surface area contributed by atoms with Crippen molar-refractivity contribution in [2.24, 2.45) is 0 Å². The number of aromatic hydroxyl groups is 2. The molecule has 5 aromatic rings. The second kappa shape index (κ2) is 22.7. The summed E-state index contributed by atoms with van der Waals surface area (Å²) in [5.74, 6) is 0.658. The number of phenols is 2. The lowest BCUT2D eigenvalue weighted by Gasteiger charge is -2.13. The van der Waals surface area contributed by atoms with Crippen molar-refractivity contribution in [1.29, 1.82) is 0 Å². The van der Waals surface area contributed by atoms with E-state index in [0.29, 0.717) is 24.8 Å². The first-order valence-electron chi connectivity index (χ1n) is 21.1. The van der Waals surface area contributed by atoms with Crippen LogP contribution in [0.3, 0.4) is 0 Å². The topological polar surface area (TPSA) is 97.6 Å². The van der Waals surface area contributed by atoms with Crippen LogP contribution < -0.4 is 9.47 Å². The molecule has 0 saturated heterocycles. The maximum atomic E-state index is 11.2. The third-order valence-corrected chi connectivity index (χ3v) is 10.4. The summed E-state index contributed by atoms with van der Waals surface area (Å²) < 4.78 is 12.1. The number of benzene rings is 4. The smallest absolute Gasteiger partial charge is 0.320 e. The summed E-state index contributed by atoms with van der Waals surface area (Å²) in [4.78, 5) is 14.1. The molecule has 290 valence electrons. The van der Waals surface area contributed by atoms with E-state index < -0.39 is 0 Å². The number of ether oxygens (including phenoxy) is 2. The number of hydrogen-bond acceptors (Lipinski definition) is 7. The second-order valence-electron chi connectivity index (χ2n) is 14.9. The van der Waals surface area contributed by atoms with Crippen LogP contribution in [0.15, 0.2) is 66.7 Å². The summed E-state index contributed by atoms with van der Waals surface area (Å²) in [6.45, 7) is 5.52. The van der Waals surface area contributed by atoms with E-state index in [4.69, 9.17) is 19.4 Å². The molecule has 0 bridgehead atoms. The molecule has 0 amide bonds. The molecule has 0 aliphatic heterocycles. The van der Waals surface area contributed by atoms with Gasteiger partial charge < -0.3 is 19.7 Å². The Kier molecular flexibility index (Phi) is 17.2. The summed E-state index contributed by atoms with van der Waals surface area (Å²) in [6.07, 6.45) is 24.8. The number of unbranched alkanes of at least 4 members (excludes halogenated alkanes) is 18. The van der Waals surface area contributed by atoms with Crippen molar-refractivity contribution < 1.29 is 19.7 Å². The van der Waals surface area contributed by atoms with E-state index >= 15 is 0 Å². The highest BCUT2D eigenvalue weighted by Gasteiger charge is 2.20. The largest absolute Gasteiger partial charge is 0.507 e. The molecular weight excluding hydrogens is 671 g/mol. The Hall–Kier alpha value is -4.39. The molecule has 5 rings (SSSR count). The third kappa shape index (κ3) is 12.9. The molecule has 0 unspecified atom stereocenters. The Balaban J connectivity index is 1.25. The van der Waals surface area contributed by atoms with E-state index in [9.17, 15) is 10.2 Å². The highest BCUT2D eigenvalue weighted by molar-refractivity contribution is 5.99. The molecule has 0 saturated carbocycles. The van der Waals surface area contributed by atoms with Crippen molar-refractivity contribution in [3.8, 4) is 46.0 Å². The number of rotatable bonds is 26. The molecule has 0 atom stereocenters. The van der Waals surface area contributed by atoms with Crippen LogP contribution in [-0.2, 0) is 0 Å². The molecule has 0 fully saturated rings. The Morgan fingerprint density at radius 1 is 0.444 bits per heavy atom. The van der Waals surface area contributed by atoms with Gasteiger partial charge in [0.2, 0.25) is 0 Å². The van der Waals surface area contributed by atoms with Crippen molar-refractivity contribution in [3.05, 3.63) is 66.7 Å². The van der Waals surface area contributed by atoms with Gasteiger partial charge in [-0.1, -0.05) is 166 Å². The minimum atomic E-state index is -0.157. The Labute approximate surface area is 323 Å². The fraction of sp³-hybridized carbons (Fsp3) is 0.511. The van der Waals surface area contributed by atoms with Crippen LogP contribution in [-0.4, -0.2) is 38.4 Å². The highest BCUT2D eigenvalue weighted by Crippen LogP contribution is 2.40. The quantitative estimate of drug-likeness (QED) is 0.0431. The summed E-state index contributed by atoms with van der Waals surface area (Å²) in [5.41, 5.74) is 0.918. The first kappa shape index (κ1) is 40.8. The predicted molar refractivity (Wildman–Crippen MR) is 224 cm³/mol. The van der Waals surface area contributed by atoms with Gasteiger partial charge in [0.05, 0.1) is 13.2 Å². The van der Waals surface area contributed by atoms with E-state index in [1.165, 1.54) is 120 Å². The van der Waals surface area contributed by atoms with Gasteiger partial charge in [-0.25, -0.2) is 4.98 Å². The summed E-state index contributed by atoms with van der Waals surface area (Å²) in [5, 5.41) is 26.9. The van der Waals surface area contributed by atoms with E-state index in [1.807, 2.05) is 18.2 Å². The van der Waals surface area contributed by atoms with E-state index in [2.05, 4.69) is 55.2 Å². The van der Waals surface area contributed by atoms with Crippen LogP contribution in [0.2, 0.25) is 0 Å². The lowest BCUT2D eigenvalue weighted by atomic mass is 10.0. The molecule has 1 heterocycles. The Bertz CT molecular complexity index is 1840. The van der Waals surface area contributed by atoms with Gasteiger partial charge in [-0.05, 0) is 52.6 Å². The van der Waals surface area contributed by atoms with Gasteiger partial charge in [0.25, 0.3) is 0 Å². The van der Waals surface area contributed by atoms with Gasteiger partial charge in [-0.15, -0.1) is 0 Å². The van der Waals surface area contributed by atoms with Crippen molar-refractivity contribution >= 4 is 21.5 Å².